The van der Waals surface area contributed by atoms with E-state index in [1.807, 2.05) is 19.1 Å². The van der Waals surface area contributed by atoms with Gasteiger partial charge in [0.25, 0.3) is 0 Å². The van der Waals surface area contributed by atoms with E-state index in [1.54, 1.807) is 0 Å². The van der Waals surface area contributed by atoms with Crippen molar-refractivity contribution in [3.05, 3.63) is 48.5 Å². The molecule has 1 heterocycles. The van der Waals surface area contributed by atoms with Crippen molar-refractivity contribution in [2.75, 3.05) is 29.9 Å². The molecule has 0 bridgehead atoms. The summed E-state index contributed by atoms with van der Waals surface area (Å²) in [6.07, 6.45) is 1.13. The third-order valence-corrected chi connectivity index (χ3v) is 3.53. The van der Waals surface area contributed by atoms with E-state index in [1.165, 1.54) is 17.1 Å². The predicted molar refractivity (Wildman–Crippen MR) is 84.2 cm³/mol. The Morgan fingerprint density at radius 1 is 1.10 bits per heavy atom. The molecule has 0 aliphatic carbocycles. The number of para-hydroxylation sites is 2. The minimum absolute atomic E-state index is 0.704. The lowest BCUT2D eigenvalue weighted by Crippen LogP contribution is -2.17. The minimum atomic E-state index is 0.704. The first-order chi connectivity index (χ1) is 9.88. The maximum Gasteiger partial charge on any atom is 0.119 e. The van der Waals surface area contributed by atoms with E-state index in [2.05, 4.69) is 46.6 Å². The maximum atomic E-state index is 5.51. The average Bonchev–Trinajstić information content (AvgIpc) is 2.71. The number of anilines is 3. The second kappa shape index (κ2) is 5.87. The molecule has 20 heavy (non-hydrogen) atoms. The summed E-state index contributed by atoms with van der Waals surface area (Å²) in [5.74, 6) is 0.928. The Bertz CT molecular complexity index is 565. The molecule has 0 atom stereocenters. The second-order valence-electron chi connectivity index (χ2n) is 4.88. The second-order valence-corrected chi connectivity index (χ2v) is 4.88. The first-order valence-electron chi connectivity index (χ1n) is 7.22. The van der Waals surface area contributed by atoms with E-state index >= 15 is 0 Å². The van der Waals surface area contributed by atoms with Crippen molar-refractivity contribution in [1.29, 1.82) is 0 Å². The molecule has 0 fully saturated rings. The van der Waals surface area contributed by atoms with Crippen LogP contribution < -0.4 is 15.0 Å². The van der Waals surface area contributed by atoms with E-state index in [4.69, 9.17) is 4.74 Å². The molecule has 0 saturated carbocycles. The van der Waals surface area contributed by atoms with Crippen LogP contribution in [0.5, 0.6) is 5.75 Å². The van der Waals surface area contributed by atoms with E-state index in [0.717, 1.165) is 25.3 Å². The van der Waals surface area contributed by atoms with Crippen LogP contribution in [0, 0.1) is 0 Å². The van der Waals surface area contributed by atoms with Gasteiger partial charge in [0.05, 0.1) is 18.0 Å². The van der Waals surface area contributed by atoms with Gasteiger partial charge in [0.1, 0.15) is 5.75 Å². The highest BCUT2D eigenvalue weighted by atomic mass is 16.5. The third kappa shape index (κ3) is 2.57. The topological polar surface area (TPSA) is 24.5 Å². The normalized spacial score (nSPS) is 14.2. The fourth-order valence-electron chi connectivity index (χ4n) is 2.60. The summed E-state index contributed by atoms with van der Waals surface area (Å²) in [5, 5.41) is 3.49. The molecule has 1 aliphatic rings. The summed E-state index contributed by atoms with van der Waals surface area (Å²) in [5.41, 5.74) is 3.66. The Labute approximate surface area is 120 Å². The van der Waals surface area contributed by atoms with Gasteiger partial charge in [-0.2, -0.15) is 0 Å². The molecule has 0 spiro atoms. The van der Waals surface area contributed by atoms with Crippen LogP contribution in [-0.4, -0.2) is 19.7 Å². The molecular formula is C17H20N2O. The zero-order valence-electron chi connectivity index (χ0n) is 11.8. The van der Waals surface area contributed by atoms with Gasteiger partial charge in [-0.15, -0.1) is 0 Å². The van der Waals surface area contributed by atoms with Crippen LogP contribution in [-0.2, 0) is 0 Å². The van der Waals surface area contributed by atoms with Crippen molar-refractivity contribution in [1.82, 2.24) is 0 Å². The number of hydrogen-bond donors (Lipinski definition) is 1. The molecule has 0 radical (unpaired) electrons. The SMILES string of the molecule is CCOc1ccc(N2CCCNc3ccccc32)cc1. The van der Waals surface area contributed by atoms with Crippen molar-refractivity contribution in [2.24, 2.45) is 0 Å². The van der Waals surface area contributed by atoms with Crippen LogP contribution in [0.15, 0.2) is 48.5 Å². The Balaban J connectivity index is 1.92. The number of nitrogens with one attached hydrogen (secondary N) is 1. The Kier molecular flexibility index (Phi) is 3.77. The summed E-state index contributed by atoms with van der Waals surface area (Å²) < 4.78 is 5.51. The molecular weight excluding hydrogens is 248 g/mol. The largest absolute Gasteiger partial charge is 0.494 e. The molecule has 3 heteroatoms. The zero-order chi connectivity index (χ0) is 13.8. The number of nitrogens with zero attached hydrogens (tertiary/aromatic N) is 1. The zero-order valence-corrected chi connectivity index (χ0v) is 11.8. The van der Waals surface area contributed by atoms with Crippen LogP contribution >= 0.6 is 0 Å². The summed E-state index contributed by atoms with van der Waals surface area (Å²) >= 11 is 0. The monoisotopic (exact) mass is 268 g/mol. The fraction of sp³-hybridized carbons (Fsp3) is 0.294. The summed E-state index contributed by atoms with van der Waals surface area (Å²) in [7, 11) is 0. The van der Waals surface area contributed by atoms with Crippen molar-refractivity contribution in [3.8, 4) is 5.75 Å². The predicted octanol–water partition coefficient (Wildman–Crippen LogP) is 4.04. The summed E-state index contributed by atoms with van der Waals surface area (Å²) in [4.78, 5) is 2.37. The van der Waals surface area contributed by atoms with Gasteiger partial charge in [-0.05, 0) is 49.7 Å². The lowest BCUT2D eigenvalue weighted by Gasteiger charge is -2.24. The maximum absolute atomic E-state index is 5.51. The van der Waals surface area contributed by atoms with E-state index in [-0.39, 0.29) is 0 Å². The van der Waals surface area contributed by atoms with Gasteiger partial charge in [-0.25, -0.2) is 0 Å². The molecule has 104 valence electrons. The average molecular weight is 268 g/mol. The fourth-order valence-corrected chi connectivity index (χ4v) is 2.60. The van der Waals surface area contributed by atoms with Crippen molar-refractivity contribution in [2.45, 2.75) is 13.3 Å². The van der Waals surface area contributed by atoms with Crippen molar-refractivity contribution < 1.29 is 4.74 Å². The van der Waals surface area contributed by atoms with Gasteiger partial charge >= 0.3 is 0 Å². The van der Waals surface area contributed by atoms with E-state index in [0.29, 0.717) is 6.61 Å². The lowest BCUT2D eigenvalue weighted by molar-refractivity contribution is 0.340. The number of rotatable bonds is 3. The Hall–Kier alpha value is -2.16. The van der Waals surface area contributed by atoms with Crippen molar-refractivity contribution in [3.63, 3.8) is 0 Å². The molecule has 0 amide bonds. The highest BCUT2D eigenvalue weighted by molar-refractivity contribution is 5.77. The first-order valence-corrected chi connectivity index (χ1v) is 7.22. The van der Waals surface area contributed by atoms with Gasteiger partial charge in [-0.3, -0.25) is 0 Å². The smallest absolute Gasteiger partial charge is 0.119 e. The number of fused-ring (bicyclic) bond motifs is 1. The summed E-state index contributed by atoms with van der Waals surface area (Å²) in [6, 6.07) is 16.8. The van der Waals surface area contributed by atoms with Crippen LogP contribution in [0.1, 0.15) is 13.3 Å². The molecule has 1 aliphatic heterocycles. The minimum Gasteiger partial charge on any atom is -0.494 e. The molecule has 0 unspecified atom stereocenters. The van der Waals surface area contributed by atoms with E-state index < -0.39 is 0 Å². The first kappa shape index (κ1) is 12.9. The van der Waals surface area contributed by atoms with Gasteiger partial charge in [0, 0.05) is 18.8 Å². The number of benzene rings is 2. The van der Waals surface area contributed by atoms with Gasteiger partial charge in [0.15, 0.2) is 0 Å². The van der Waals surface area contributed by atoms with Gasteiger partial charge in [-0.1, -0.05) is 12.1 Å². The van der Waals surface area contributed by atoms with Crippen LogP contribution in [0.2, 0.25) is 0 Å². The highest BCUT2D eigenvalue weighted by Crippen LogP contribution is 2.34. The molecule has 2 aromatic rings. The molecule has 0 aromatic heterocycles. The molecule has 0 saturated heterocycles. The van der Waals surface area contributed by atoms with Crippen LogP contribution in [0.3, 0.4) is 0 Å². The Morgan fingerprint density at radius 3 is 2.70 bits per heavy atom. The quantitative estimate of drug-likeness (QED) is 0.909. The molecule has 1 N–H and O–H groups in total. The number of ether oxygens (including phenoxy) is 1. The molecule has 3 nitrogen and oxygen atoms in total. The Morgan fingerprint density at radius 2 is 1.90 bits per heavy atom. The van der Waals surface area contributed by atoms with Crippen molar-refractivity contribution >= 4 is 17.1 Å². The van der Waals surface area contributed by atoms with Gasteiger partial charge < -0.3 is 15.0 Å². The molecule has 3 rings (SSSR count). The van der Waals surface area contributed by atoms with Gasteiger partial charge in [0.2, 0.25) is 0 Å². The lowest BCUT2D eigenvalue weighted by atomic mass is 10.2. The van der Waals surface area contributed by atoms with Crippen LogP contribution in [0.25, 0.3) is 0 Å². The van der Waals surface area contributed by atoms with E-state index in [9.17, 15) is 0 Å². The van der Waals surface area contributed by atoms with Crippen LogP contribution in [0.4, 0.5) is 17.1 Å². The number of hydrogen-bond acceptors (Lipinski definition) is 3. The molecule has 2 aromatic carbocycles. The highest BCUT2D eigenvalue weighted by Gasteiger charge is 2.15. The third-order valence-electron chi connectivity index (χ3n) is 3.53. The standard InChI is InChI=1S/C17H20N2O/c1-2-20-15-10-8-14(9-11-15)19-13-5-12-18-16-6-3-4-7-17(16)19/h3-4,6-11,18H,2,5,12-13H2,1H3. The summed E-state index contributed by atoms with van der Waals surface area (Å²) in [6.45, 7) is 4.75.